The Labute approximate surface area is 114 Å². The van der Waals surface area contributed by atoms with Crippen molar-refractivity contribution in [3.63, 3.8) is 0 Å². The van der Waals surface area contributed by atoms with Gasteiger partial charge in [-0.2, -0.15) is 0 Å². The van der Waals surface area contributed by atoms with E-state index in [1.54, 1.807) is 7.11 Å². The summed E-state index contributed by atoms with van der Waals surface area (Å²) in [4.78, 5) is 11.9. The summed E-state index contributed by atoms with van der Waals surface area (Å²) in [6, 6.07) is 5.74. The highest BCUT2D eigenvalue weighted by Gasteiger charge is 2.23. The summed E-state index contributed by atoms with van der Waals surface area (Å²) in [5.41, 5.74) is 1.01. The van der Waals surface area contributed by atoms with Gasteiger partial charge in [0.1, 0.15) is 11.5 Å². The van der Waals surface area contributed by atoms with E-state index in [1.807, 2.05) is 32.0 Å². The normalized spacial score (nSPS) is 18.2. The Morgan fingerprint density at radius 2 is 2.26 bits per heavy atom. The lowest BCUT2D eigenvalue weighted by atomic mass is 10.0. The fraction of sp³-hybridized carbons (Fsp3) is 0.533. The monoisotopic (exact) mass is 263 g/mol. The van der Waals surface area contributed by atoms with Crippen LogP contribution in [-0.4, -0.2) is 19.6 Å². The molecule has 1 aromatic carbocycles. The van der Waals surface area contributed by atoms with Gasteiger partial charge in [0.25, 0.3) is 0 Å². The van der Waals surface area contributed by atoms with Gasteiger partial charge in [-0.3, -0.25) is 4.79 Å². The van der Waals surface area contributed by atoms with Crippen LogP contribution >= 0.6 is 0 Å². The molecule has 0 spiro atoms. The van der Waals surface area contributed by atoms with Crippen LogP contribution in [-0.2, 0) is 4.79 Å². The van der Waals surface area contributed by atoms with Crippen LogP contribution in [0, 0.1) is 5.92 Å². The van der Waals surface area contributed by atoms with E-state index >= 15 is 0 Å². The molecule has 104 valence electrons. The first kappa shape index (κ1) is 13.7. The van der Waals surface area contributed by atoms with E-state index in [0.29, 0.717) is 6.61 Å². The van der Waals surface area contributed by atoms with Gasteiger partial charge in [0, 0.05) is 11.5 Å². The molecule has 0 radical (unpaired) electrons. The van der Waals surface area contributed by atoms with Crippen LogP contribution in [0.3, 0.4) is 0 Å². The van der Waals surface area contributed by atoms with Crippen molar-refractivity contribution >= 4 is 5.91 Å². The molecule has 1 atom stereocenters. The molecule has 0 aliphatic carbocycles. The maximum Gasteiger partial charge on any atom is 0.223 e. The molecule has 1 unspecified atom stereocenters. The van der Waals surface area contributed by atoms with E-state index in [-0.39, 0.29) is 17.9 Å². The zero-order valence-electron chi connectivity index (χ0n) is 11.7. The van der Waals surface area contributed by atoms with Crippen LogP contribution in [0.1, 0.15) is 38.3 Å². The first-order valence-electron chi connectivity index (χ1n) is 6.73. The molecule has 2 rings (SSSR count). The Bertz CT molecular complexity index is 457. The molecule has 19 heavy (non-hydrogen) atoms. The highest BCUT2D eigenvalue weighted by Crippen LogP contribution is 2.34. The van der Waals surface area contributed by atoms with E-state index < -0.39 is 0 Å². The maximum atomic E-state index is 11.9. The first-order chi connectivity index (χ1) is 9.11. The lowest BCUT2D eigenvalue weighted by molar-refractivity contribution is -0.124. The summed E-state index contributed by atoms with van der Waals surface area (Å²) in [6.45, 7) is 4.48. The third-order valence-corrected chi connectivity index (χ3v) is 3.33. The third kappa shape index (κ3) is 3.19. The van der Waals surface area contributed by atoms with Crippen LogP contribution in [0.4, 0.5) is 0 Å². The predicted molar refractivity (Wildman–Crippen MR) is 73.4 cm³/mol. The Morgan fingerprint density at radius 1 is 1.47 bits per heavy atom. The second-order valence-electron chi connectivity index (χ2n) is 5.11. The smallest absolute Gasteiger partial charge is 0.223 e. The summed E-state index contributed by atoms with van der Waals surface area (Å²) in [6.07, 6.45) is 1.82. The van der Waals surface area contributed by atoms with Crippen molar-refractivity contribution in [3.8, 4) is 11.5 Å². The van der Waals surface area contributed by atoms with Gasteiger partial charge in [-0.15, -0.1) is 0 Å². The number of carbonyl (C=O) groups is 1. The van der Waals surface area contributed by atoms with Gasteiger partial charge in [-0.25, -0.2) is 0 Å². The minimum Gasteiger partial charge on any atom is -0.497 e. The molecule has 1 heterocycles. The van der Waals surface area contributed by atoms with Gasteiger partial charge in [0.05, 0.1) is 19.8 Å². The number of ether oxygens (including phenoxy) is 2. The molecule has 0 saturated carbocycles. The maximum absolute atomic E-state index is 11.9. The predicted octanol–water partition coefficient (Wildman–Crippen LogP) is 2.68. The summed E-state index contributed by atoms with van der Waals surface area (Å²) < 4.78 is 11.0. The molecule has 0 saturated heterocycles. The van der Waals surface area contributed by atoms with Crippen molar-refractivity contribution in [2.24, 2.45) is 5.92 Å². The van der Waals surface area contributed by atoms with E-state index in [4.69, 9.17) is 9.47 Å². The summed E-state index contributed by atoms with van der Waals surface area (Å²) in [5.74, 6) is 1.68. The van der Waals surface area contributed by atoms with Crippen molar-refractivity contribution in [2.75, 3.05) is 13.7 Å². The van der Waals surface area contributed by atoms with Gasteiger partial charge in [0.15, 0.2) is 0 Å². The third-order valence-electron chi connectivity index (χ3n) is 3.33. The zero-order valence-corrected chi connectivity index (χ0v) is 11.7. The van der Waals surface area contributed by atoms with E-state index in [9.17, 15) is 4.79 Å². The highest BCUT2D eigenvalue weighted by atomic mass is 16.5. The lowest BCUT2D eigenvalue weighted by Gasteiger charge is -2.20. The van der Waals surface area contributed by atoms with E-state index in [2.05, 4.69) is 5.32 Å². The number of fused-ring (bicyclic) bond motifs is 1. The number of nitrogens with one attached hydrogen (secondary N) is 1. The van der Waals surface area contributed by atoms with Crippen LogP contribution in [0.5, 0.6) is 11.5 Å². The molecule has 1 aliphatic rings. The average Bonchev–Trinajstić information content (AvgIpc) is 2.60. The molecule has 0 bridgehead atoms. The van der Waals surface area contributed by atoms with E-state index in [0.717, 1.165) is 29.9 Å². The Morgan fingerprint density at radius 3 is 2.95 bits per heavy atom. The van der Waals surface area contributed by atoms with Crippen LogP contribution in [0.2, 0.25) is 0 Å². The average molecular weight is 263 g/mol. The van der Waals surface area contributed by atoms with Crippen molar-refractivity contribution in [1.82, 2.24) is 5.32 Å². The molecule has 0 fully saturated rings. The molecular weight excluding hydrogens is 242 g/mol. The largest absolute Gasteiger partial charge is 0.497 e. The van der Waals surface area contributed by atoms with Gasteiger partial charge in [-0.05, 0) is 31.0 Å². The van der Waals surface area contributed by atoms with Crippen molar-refractivity contribution in [3.05, 3.63) is 23.8 Å². The molecule has 1 aromatic rings. The summed E-state index contributed by atoms with van der Waals surface area (Å²) >= 11 is 0. The number of benzene rings is 1. The summed E-state index contributed by atoms with van der Waals surface area (Å²) in [5, 5.41) is 3.09. The molecular formula is C15H21NO3. The number of hydrogen-bond donors (Lipinski definition) is 1. The highest BCUT2D eigenvalue weighted by molar-refractivity contribution is 5.78. The fourth-order valence-corrected chi connectivity index (χ4v) is 2.17. The topological polar surface area (TPSA) is 47.6 Å². The number of methoxy groups -OCH3 is 1. The number of amides is 1. The lowest BCUT2D eigenvalue weighted by Crippen LogP contribution is -2.31. The number of carbonyl (C=O) groups excluding carboxylic acids is 1. The minimum absolute atomic E-state index is 0.00231. The second kappa shape index (κ2) is 5.95. The van der Waals surface area contributed by atoms with Gasteiger partial charge in [-0.1, -0.05) is 13.8 Å². The Kier molecular flexibility index (Phi) is 4.30. The molecule has 1 aliphatic heterocycles. The molecule has 1 N–H and O–H groups in total. The molecule has 1 amide bonds. The number of rotatable bonds is 3. The molecule has 0 aromatic heterocycles. The SMILES string of the molecule is COc1ccc2c(c1)C(NC(=O)C(C)C)CCCO2. The van der Waals surface area contributed by atoms with Gasteiger partial charge >= 0.3 is 0 Å². The van der Waals surface area contributed by atoms with E-state index in [1.165, 1.54) is 0 Å². The zero-order chi connectivity index (χ0) is 13.8. The van der Waals surface area contributed by atoms with Crippen LogP contribution in [0.15, 0.2) is 18.2 Å². The number of hydrogen-bond acceptors (Lipinski definition) is 3. The van der Waals surface area contributed by atoms with Crippen molar-refractivity contribution in [1.29, 1.82) is 0 Å². The minimum atomic E-state index is -0.0155. The quantitative estimate of drug-likeness (QED) is 0.912. The Hall–Kier alpha value is -1.71. The molecule has 4 heteroatoms. The van der Waals surface area contributed by atoms with Crippen LogP contribution in [0.25, 0.3) is 0 Å². The van der Waals surface area contributed by atoms with Gasteiger partial charge < -0.3 is 14.8 Å². The Balaban J connectivity index is 2.27. The first-order valence-corrected chi connectivity index (χ1v) is 6.73. The summed E-state index contributed by atoms with van der Waals surface area (Å²) in [7, 11) is 1.64. The molecule has 4 nitrogen and oxygen atoms in total. The fourth-order valence-electron chi connectivity index (χ4n) is 2.17. The second-order valence-corrected chi connectivity index (χ2v) is 5.11. The standard InChI is InChI=1S/C15H21NO3/c1-10(2)15(17)16-13-5-4-8-19-14-7-6-11(18-3)9-12(13)14/h6-7,9-10,13H,4-5,8H2,1-3H3,(H,16,17). The van der Waals surface area contributed by atoms with Crippen molar-refractivity contribution < 1.29 is 14.3 Å². The van der Waals surface area contributed by atoms with Crippen LogP contribution < -0.4 is 14.8 Å². The van der Waals surface area contributed by atoms with Crippen molar-refractivity contribution in [2.45, 2.75) is 32.7 Å². The van der Waals surface area contributed by atoms with Gasteiger partial charge in [0.2, 0.25) is 5.91 Å².